The third-order valence-electron chi connectivity index (χ3n) is 4.48. The molecule has 1 aromatic heterocycles. The molecule has 1 saturated heterocycles. The molecule has 2 N–H and O–H groups in total. The van der Waals surface area contributed by atoms with Gasteiger partial charge in [0.15, 0.2) is 0 Å². The van der Waals surface area contributed by atoms with E-state index in [1.165, 1.54) is 4.31 Å². The fourth-order valence-corrected chi connectivity index (χ4v) is 4.54. The van der Waals surface area contributed by atoms with E-state index >= 15 is 0 Å². The summed E-state index contributed by atoms with van der Waals surface area (Å²) in [7, 11) is -3.63. The Morgan fingerprint density at radius 2 is 2.00 bits per heavy atom. The van der Waals surface area contributed by atoms with E-state index in [0.717, 1.165) is 11.8 Å². The molecule has 1 aliphatic heterocycles. The Morgan fingerprint density at radius 3 is 2.62 bits per heavy atom. The van der Waals surface area contributed by atoms with Gasteiger partial charge in [0.2, 0.25) is 10.0 Å². The van der Waals surface area contributed by atoms with E-state index in [1.54, 1.807) is 24.3 Å². The van der Waals surface area contributed by atoms with Crippen molar-refractivity contribution in [3.63, 3.8) is 0 Å². The second-order valence-electron chi connectivity index (χ2n) is 6.33. The number of carboxylic acids is 1. The normalized spacial score (nSPS) is 18.6. The molecule has 2 aromatic rings. The third-order valence-corrected chi connectivity index (χ3v) is 6.36. The Balaban J connectivity index is 1.85. The number of hydrogen-bond acceptors (Lipinski definition) is 5. The number of benzene rings is 1. The molecule has 0 unspecified atom stereocenters. The highest BCUT2D eigenvalue weighted by molar-refractivity contribution is 7.89. The first-order valence-corrected chi connectivity index (χ1v) is 9.62. The number of aromatic amines is 1. The maximum Gasteiger partial charge on any atom is 0.342 e. The molecule has 0 amide bonds. The van der Waals surface area contributed by atoms with Crippen LogP contribution in [-0.4, -0.2) is 46.9 Å². The van der Waals surface area contributed by atoms with Gasteiger partial charge < -0.3 is 10.1 Å². The van der Waals surface area contributed by atoms with E-state index < -0.39 is 27.1 Å². The molecular weight excluding hydrogens is 358 g/mol. The molecule has 0 spiro atoms. The molecule has 26 heavy (non-hydrogen) atoms. The highest BCUT2D eigenvalue weighted by Crippen LogP contribution is 2.28. The van der Waals surface area contributed by atoms with Crippen molar-refractivity contribution in [1.82, 2.24) is 14.3 Å². The van der Waals surface area contributed by atoms with Crippen molar-refractivity contribution in [2.24, 2.45) is 0 Å². The summed E-state index contributed by atoms with van der Waals surface area (Å²) in [6.07, 6.45) is 2.30. The van der Waals surface area contributed by atoms with Crippen molar-refractivity contribution in [1.29, 1.82) is 0 Å². The lowest BCUT2D eigenvalue weighted by Gasteiger charge is -2.31. The first-order chi connectivity index (χ1) is 12.3. The fourth-order valence-electron chi connectivity index (χ4n) is 3.01. The summed E-state index contributed by atoms with van der Waals surface area (Å²) in [6.45, 7) is 2.46. The van der Waals surface area contributed by atoms with Gasteiger partial charge in [-0.1, -0.05) is 17.7 Å². The number of nitrogens with one attached hydrogen (secondary N) is 1. The molecule has 1 aromatic carbocycles. The summed E-state index contributed by atoms with van der Waals surface area (Å²) in [6, 6.07) is 6.65. The van der Waals surface area contributed by atoms with Crippen LogP contribution in [0.25, 0.3) is 0 Å². The van der Waals surface area contributed by atoms with Gasteiger partial charge in [-0.2, -0.15) is 4.31 Å². The zero-order chi connectivity index (χ0) is 18.9. The lowest BCUT2D eigenvalue weighted by atomic mass is 9.99. The Morgan fingerprint density at radius 1 is 1.31 bits per heavy atom. The van der Waals surface area contributed by atoms with Gasteiger partial charge in [-0.3, -0.25) is 4.79 Å². The minimum absolute atomic E-state index is 0.186. The van der Waals surface area contributed by atoms with Crippen LogP contribution >= 0.6 is 0 Å². The van der Waals surface area contributed by atoms with Crippen LogP contribution in [-0.2, 0) is 10.0 Å². The third kappa shape index (κ3) is 3.54. The van der Waals surface area contributed by atoms with Gasteiger partial charge in [-0.15, -0.1) is 0 Å². The minimum atomic E-state index is -3.63. The van der Waals surface area contributed by atoms with Crippen LogP contribution in [0.3, 0.4) is 0 Å². The van der Waals surface area contributed by atoms with E-state index in [9.17, 15) is 18.0 Å². The van der Waals surface area contributed by atoms with Crippen molar-refractivity contribution >= 4 is 16.0 Å². The number of sulfonamides is 1. The van der Waals surface area contributed by atoms with Crippen LogP contribution in [0.5, 0.6) is 0 Å². The van der Waals surface area contributed by atoms with Gasteiger partial charge in [0, 0.05) is 25.2 Å². The van der Waals surface area contributed by atoms with Crippen LogP contribution in [0, 0.1) is 6.92 Å². The number of aromatic nitrogens is 2. The topological polar surface area (TPSA) is 120 Å². The Hall–Kier alpha value is -2.52. The van der Waals surface area contributed by atoms with Crippen LogP contribution < -0.4 is 5.56 Å². The maximum atomic E-state index is 12.8. The predicted octanol–water partition coefficient (Wildman–Crippen LogP) is 1.34. The first-order valence-electron chi connectivity index (χ1n) is 8.18. The standard InChI is InChI=1S/C17H19N3O5S/c1-11-4-6-13(7-5-11)26(24,25)20-8-2-3-12(10-20)15-18-9-14(17(22)23)16(21)19-15/h4-7,9,12H,2-3,8,10H2,1H3,(H,22,23)(H,18,19,21)/t12-/m0/s1. The highest BCUT2D eigenvalue weighted by atomic mass is 32.2. The highest BCUT2D eigenvalue weighted by Gasteiger charge is 2.32. The molecule has 0 aliphatic carbocycles. The monoisotopic (exact) mass is 377 g/mol. The summed E-state index contributed by atoms with van der Waals surface area (Å²) in [5.74, 6) is -1.33. The SMILES string of the molecule is Cc1ccc(S(=O)(=O)N2CCC[C@H](c3ncc(C(=O)O)c(=O)[nH]3)C2)cc1. The molecule has 1 aliphatic rings. The van der Waals surface area contributed by atoms with Gasteiger partial charge in [-0.25, -0.2) is 18.2 Å². The molecule has 2 heterocycles. The smallest absolute Gasteiger partial charge is 0.342 e. The summed E-state index contributed by atoms with van der Waals surface area (Å²) in [4.78, 5) is 29.5. The quantitative estimate of drug-likeness (QED) is 0.830. The van der Waals surface area contributed by atoms with Gasteiger partial charge >= 0.3 is 5.97 Å². The van der Waals surface area contributed by atoms with Crippen molar-refractivity contribution in [2.45, 2.75) is 30.6 Å². The van der Waals surface area contributed by atoms with Gasteiger partial charge in [0.1, 0.15) is 11.4 Å². The van der Waals surface area contributed by atoms with Crippen LogP contribution in [0.1, 0.15) is 40.5 Å². The number of aryl methyl sites for hydroxylation is 1. The predicted molar refractivity (Wildman–Crippen MR) is 93.7 cm³/mol. The summed E-state index contributed by atoms with van der Waals surface area (Å²) >= 11 is 0. The summed E-state index contributed by atoms with van der Waals surface area (Å²) in [5, 5.41) is 8.91. The van der Waals surface area contributed by atoms with Gasteiger partial charge in [0.25, 0.3) is 5.56 Å². The molecule has 0 saturated carbocycles. The first kappa shape index (κ1) is 18.3. The van der Waals surface area contributed by atoms with Gasteiger partial charge in [0.05, 0.1) is 4.90 Å². The molecule has 1 fully saturated rings. The molecule has 138 valence electrons. The Bertz CT molecular complexity index is 982. The van der Waals surface area contributed by atoms with E-state index in [1.807, 2.05) is 6.92 Å². The molecule has 0 radical (unpaired) electrons. The van der Waals surface area contributed by atoms with Crippen LogP contribution in [0.15, 0.2) is 40.2 Å². The zero-order valence-electron chi connectivity index (χ0n) is 14.2. The minimum Gasteiger partial charge on any atom is -0.477 e. The van der Waals surface area contributed by atoms with Crippen LogP contribution in [0.2, 0.25) is 0 Å². The number of piperidine rings is 1. The summed E-state index contributed by atoms with van der Waals surface area (Å²) in [5.41, 5.74) is -0.199. The fraction of sp³-hybridized carbons (Fsp3) is 0.353. The number of H-pyrrole nitrogens is 1. The second kappa shape index (κ2) is 7.00. The number of nitrogens with zero attached hydrogens (tertiary/aromatic N) is 2. The van der Waals surface area contributed by atoms with Crippen LogP contribution in [0.4, 0.5) is 0 Å². The lowest BCUT2D eigenvalue weighted by Crippen LogP contribution is -2.40. The summed E-state index contributed by atoms with van der Waals surface area (Å²) < 4.78 is 27.1. The number of carboxylic acid groups (broad SMARTS) is 1. The number of aromatic carboxylic acids is 1. The second-order valence-corrected chi connectivity index (χ2v) is 8.27. The Kier molecular flexibility index (Phi) is 4.92. The van der Waals surface area contributed by atoms with E-state index in [-0.39, 0.29) is 17.4 Å². The molecule has 0 bridgehead atoms. The van der Waals surface area contributed by atoms with Crippen molar-refractivity contribution < 1.29 is 18.3 Å². The zero-order valence-corrected chi connectivity index (χ0v) is 15.0. The molecule has 8 nitrogen and oxygen atoms in total. The molecule has 3 rings (SSSR count). The number of carbonyl (C=O) groups is 1. The Labute approximate surface area is 150 Å². The van der Waals surface area contributed by atoms with Crippen molar-refractivity contribution in [3.8, 4) is 0 Å². The number of hydrogen-bond donors (Lipinski definition) is 2. The molecule has 1 atom stereocenters. The lowest BCUT2D eigenvalue weighted by molar-refractivity contribution is 0.0694. The average Bonchev–Trinajstić information content (AvgIpc) is 2.62. The molecule has 9 heteroatoms. The number of rotatable bonds is 4. The van der Waals surface area contributed by atoms with Gasteiger partial charge in [-0.05, 0) is 31.9 Å². The largest absolute Gasteiger partial charge is 0.477 e. The van der Waals surface area contributed by atoms with E-state index in [4.69, 9.17) is 5.11 Å². The average molecular weight is 377 g/mol. The van der Waals surface area contributed by atoms with E-state index in [0.29, 0.717) is 25.2 Å². The van der Waals surface area contributed by atoms with E-state index in [2.05, 4.69) is 9.97 Å². The molecular formula is C17H19N3O5S. The van der Waals surface area contributed by atoms with Crippen molar-refractivity contribution in [3.05, 3.63) is 57.8 Å². The van der Waals surface area contributed by atoms with Crippen molar-refractivity contribution in [2.75, 3.05) is 13.1 Å². The maximum absolute atomic E-state index is 12.8.